The highest BCUT2D eigenvalue weighted by molar-refractivity contribution is 6.35. The van der Waals surface area contributed by atoms with Gasteiger partial charge in [-0.2, -0.15) is 0 Å². The number of nitrogens with zero attached hydrogens (tertiary/aromatic N) is 3. The SMILES string of the molecule is O=C(c1ccncc1)c1cc([N+](=O)[O-])c(Cl)c([N+](=O)[O-])c1. The summed E-state index contributed by atoms with van der Waals surface area (Å²) in [6, 6.07) is 4.62. The maximum atomic E-state index is 12.2. The predicted molar refractivity (Wildman–Crippen MR) is 72.4 cm³/mol. The van der Waals surface area contributed by atoms with E-state index >= 15 is 0 Å². The molecule has 9 heteroatoms. The first-order valence-corrected chi connectivity index (χ1v) is 5.86. The van der Waals surface area contributed by atoms with Crippen molar-refractivity contribution < 1.29 is 14.6 Å². The molecule has 0 spiro atoms. The number of rotatable bonds is 4. The van der Waals surface area contributed by atoms with E-state index in [9.17, 15) is 25.0 Å². The van der Waals surface area contributed by atoms with E-state index in [1.807, 2.05) is 0 Å². The molecule has 2 rings (SSSR count). The molecule has 0 atom stereocenters. The van der Waals surface area contributed by atoms with Gasteiger partial charge in [0.1, 0.15) is 0 Å². The summed E-state index contributed by atoms with van der Waals surface area (Å²) >= 11 is 5.62. The van der Waals surface area contributed by atoms with E-state index in [1.54, 1.807) is 0 Å². The quantitative estimate of drug-likeness (QED) is 0.487. The van der Waals surface area contributed by atoms with Crippen molar-refractivity contribution in [3.05, 3.63) is 73.0 Å². The first-order chi connectivity index (χ1) is 9.91. The zero-order valence-corrected chi connectivity index (χ0v) is 11.0. The summed E-state index contributed by atoms with van der Waals surface area (Å²) in [5, 5.41) is 21.2. The number of nitro groups is 2. The number of nitro benzene ring substituents is 2. The molecular formula is C12H6ClN3O5. The Balaban J connectivity index is 2.62. The molecule has 0 aliphatic heterocycles. The maximum Gasteiger partial charge on any atom is 0.295 e. The van der Waals surface area contributed by atoms with Gasteiger partial charge in [0.15, 0.2) is 10.8 Å². The Morgan fingerprint density at radius 2 is 1.48 bits per heavy atom. The van der Waals surface area contributed by atoms with Crippen molar-refractivity contribution in [3.63, 3.8) is 0 Å². The Hall–Kier alpha value is -2.87. The van der Waals surface area contributed by atoms with Crippen LogP contribution >= 0.6 is 11.6 Å². The van der Waals surface area contributed by atoms with E-state index < -0.39 is 32.0 Å². The molecule has 2 aromatic rings. The van der Waals surface area contributed by atoms with Gasteiger partial charge < -0.3 is 0 Å². The second-order valence-electron chi connectivity index (χ2n) is 3.91. The van der Waals surface area contributed by atoms with Gasteiger partial charge in [0, 0.05) is 35.7 Å². The molecule has 0 amide bonds. The van der Waals surface area contributed by atoms with Crippen LogP contribution in [0.25, 0.3) is 0 Å². The third-order valence-electron chi connectivity index (χ3n) is 2.63. The Kier molecular flexibility index (Phi) is 3.90. The van der Waals surface area contributed by atoms with Crippen LogP contribution in [0, 0.1) is 20.2 Å². The lowest BCUT2D eigenvalue weighted by Gasteiger charge is -2.03. The summed E-state index contributed by atoms with van der Waals surface area (Å²) in [5.74, 6) is -0.597. The van der Waals surface area contributed by atoms with Gasteiger partial charge in [-0.05, 0) is 12.1 Å². The lowest BCUT2D eigenvalue weighted by Crippen LogP contribution is -2.04. The Labute approximate surface area is 122 Å². The van der Waals surface area contributed by atoms with Crippen LogP contribution in [0.4, 0.5) is 11.4 Å². The minimum absolute atomic E-state index is 0.191. The van der Waals surface area contributed by atoms with Gasteiger partial charge in [-0.3, -0.25) is 30.0 Å². The third kappa shape index (κ3) is 2.84. The fraction of sp³-hybridized carbons (Fsp3) is 0. The molecule has 0 aliphatic carbocycles. The summed E-state index contributed by atoms with van der Waals surface area (Å²) in [6.07, 6.45) is 2.73. The van der Waals surface area contributed by atoms with E-state index in [0.29, 0.717) is 0 Å². The van der Waals surface area contributed by atoms with E-state index in [-0.39, 0.29) is 11.1 Å². The van der Waals surface area contributed by atoms with Crippen molar-refractivity contribution in [3.8, 4) is 0 Å². The van der Waals surface area contributed by atoms with E-state index in [1.165, 1.54) is 24.5 Å². The monoisotopic (exact) mass is 307 g/mol. The van der Waals surface area contributed by atoms with Crippen molar-refractivity contribution in [1.29, 1.82) is 0 Å². The molecule has 0 fully saturated rings. The molecule has 0 aliphatic rings. The second-order valence-corrected chi connectivity index (χ2v) is 4.29. The van der Waals surface area contributed by atoms with Crippen molar-refractivity contribution in [2.24, 2.45) is 0 Å². The van der Waals surface area contributed by atoms with Crippen molar-refractivity contribution in [2.45, 2.75) is 0 Å². The van der Waals surface area contributed by atoms with Crippen LogP contribution in [0.15, 0.2) is 36.7 Å². The van der Waals surface area contributed by atoms with Gasteiger partial charge in [-0.1, -0.05) is 11.6 Å². The van der Waals surface area contributed by atoms with Gasteiger partial charge in [0.25, 0.3) is 11.4 Å². The van der Waals surface area contributed by atoms with Crippen LogP contribution in [-0.4, -0.2) is 20.6 Å². The molecule has 0 N–H and O–H groups in total. The number of hydrogen-bond donors (Lipinski definition) is 0. The zero-order chi connectivity index (χ0) is 15.6. The van der Waals surface area contributed by atoms with Crippen LogP contribution < -0.4 is 0 Å². The van der Waals surface area contributed by atoms with Gasteiger partial charge in [-0.25, -0.2) is 0 Å². The standard InChI is InChI=1S/C12H6ClN3O5/c13-11-9(15(18)19)5-8(6-10(11)16(20)21)12(17)7-1-3-14-4-2-7/h1-6H. The van der Waals surface area contributed by atoms with Gasteiger partial charge >= 0.3 is 0 Å². The fourth-order valence-corrected chi connectivity index (χ4v) is 1.91. The van der Waals surface area contributed by atoms with Crippen LogP contribution in [0.3, 0.4) is 0 Å². The highest BCUT2D eigenvalue weighted by Gasteiger charge is 2.27. The van der Waals surface area contributed by atoms with Crippen molar-refractivity contribution in [2.75, 3.05) is 0 Å². The van der Waals surface area contributed by atoms with Crippen LogP contribution in [-0.2, 0) is 0 Å². The Morgan fingerprint density at radius 1 is 1.00 bits per heavy atom. The Bertz CT molecular complexity index is 713. The van der Waals surface area contributed by atoms with Crippen molar-refractivity contribution >= 4 is 28.8 Å². The average Bonchev–Trinajstić information content (AvgIpc) is 2.47. The van der Waals surface area contributed by atoms with Crippen LogP contribution in [0.1, 0.15) is 15.9 Å². The van der Waals surface area contributed by atoms with Crippen LogP contribution in [0.5, 0.6) is 0 Å². The van der Waals surface area contributed by atoms with Gasteiger partial charge in [0.2, 0.25) is 0 Å². The summed E-state index contributed by atoms with van der Waals surface area (Å²) in [4.78, 5) is 35.9. The minimum atomic E-state index is -0.876. The molecule has 0 saturated carbocycles. The minimum Gasteiger partial charge on any atom is -0.289 e. The second kappa shape index (κ2) is 5.63. The predicted octanol–water partition coefficient (Wildman–Crippen LogP) is 2.78. The molecular weight excluding hydrogens is 302 g/mol. The lowest BCUT2D eigenvalue weighted by atomic mass is 10.0. The normalized spacial score (nSPS) is 10.1. The molecule has 106 valence electrons. The number of hydrogen-bond acceptors (Lipinski definition) is 6. The number of carbonyl (C=O) groups excluding carboxylic acids is 1. The number of aromatic nitrogens is 1. The van der Waals surface area contributed by atoms with Gasteiger partial charge in [0.05, 0.1) is 9.85 Å². The number of halogens is 1. The summed E-state index contributed by atoms with van der Waals surface area (Å²) in [7, 11) is 0. The maximum absolute atomic E-state index is 12.2. The largest absolute Gasteiger partial charge is 0.295 e. The highest BCUT2D eigenvalue weighted by atomic mass is 35.5. The fourth-order valence-electron chi connectivity index (χ4n) is 1.66. The molecule has 0 radical (unpaired) electrons. The number of ketones is 1. The lowest BCUT2D eigenvalue weighted by molar-refractivity contribution is -0.393. The van der Waals surface area contributed by atoms with E-state index in [0.717, 1.165) is 12.1 Å². The summed E-state index contributed by atoms with van der Waals surface area (Å²) in [6.45, 7) is 0. The average molecular weight is 308 g/mol. The summed E-state index contributed by atoms with van der Waals surface area (Å²) in [5.41, 5.74) is -1.37. The molecule has 1 aromatic heterocycles. The van der Waals surface area contributed by atoms with E-state index in [4.69, 9.17) is 11.6 Å². The first kappa shape index (κ1) is 14.5. The smallest absolute Gasteiger partial charge is 0.289 e. The first-order valence-electron chi connectivity index (χ1n) is 5.49. The molecule has 1 aromatic carbocycles. The molecule has 0 unspecified atom stereocenters. The molecule has 8 nitrogen and oxygen atoms in total. The zero-order valence-electron chi connectivity index (χ0n) is 10.2. The van der Waals surface area contributed by atoms with Crippen LogP contribution in [0.2, 0.25) is 5.02 Å². The topological polar surface area (TPSA) is 116 Å². The third-order valence-corrected chi connectivity index (χ3v) is 3.02. The number of pyridine rings is 1. The molecule has 0 saturated heterocycles. The number of benzene rings is 1. The van der Waals surface area contributed by atoms with Crippen molar-refractivity contribution in [1.82, 2.24) is 4.98 Å². The molecule has 0 bridgehead atoms. The molecule has 21 heavy (non-hydrogen) atoms. The Morgan fingerprint density at radius 3 is 1.90 bits per heavy atom. The number of carbonyl (C=O) groups is 1. The molecule has 1 heterocycles. The van der Waals surface area contributed by atoms with E-state index in [2.05, 4.69) is 4.98 Å². The van der Waals surface area contributed by atoms with Gasteiger partial charge in [-0.15, -0.1) is 0 Å². The summed E-state index contributed by atoms with van der Waals surface area (Å²) < 4.78 is 0. The highest BCUT2D eigenvalue weighted by Crippen LogP contribution is 2.35.